The number of allylic oxidation sites excluding steroid dienone is 1. The van der Waals surface area contributed by atoms with Crippen LogP contribution in [0.5, 0.6) is 0 Å². The van der Waals surface area contributed by atoms with Crippen LogP contribution in [0.2, 0.25) is 0 Å². The number of aliphatic hydroxyl groups excluding tert-OH is 2. The van der Waals surface area contributed by atoms with Crippen molar-refractivity contribution in [3.8, 4) is 0 Å². The Morgan fingerprint density at radius 3 is 2.18 bits per heavy atom. The maximum absolute atomic E-state index is 14.1. The Balaban J connectivity index is 1.77. The SMILES string of the molecule is COC(=O)C(C)CC(=O)C[C@@H](C)[C@H]1CC(=O)[C@@]2(C)C3=C(C(=O)[C@@H](O)[C@]12C)[C@@]1(C)CC[C@H](O)C(C)(C)[C@@H]1CC3=O. The molecule has 0 amide bonds. The van der Waals surface area contributed by atoms with Crippen LogP contribution in [-0.2, 0) is 28.7 Å². The molecule has 4 aliphatic rings. The fourth-order valence-electron chi connectivity index (χ4n) is 9.05. The number of aliphatic hydroxyl groups is 2. The van der Waals surface area contributed by atoms with Gasteiger partial charge in [0.25, 0.3) is 0 Å². The summed E-state index contributed by atoms with van der Waals surface area (Å²) in [5, 5.41) is 22.5. The van der Waals surface area contributed by atoms with Crippen molar-refractivity contribution in [1.82, 2.24) is 0 Å². The molecule has 0 radical (unpaired) electrons. The Morgan fingerprint density at radius 1 is 0.974 bits per heavy atom. The first-order valence-electron chi connectivity index (χ1n) is 14.2. The summed E-state index contributed by atoms with van der Waals surface area (Å²) in [6, 6.07) is 0. The number of carbonyl (C=O) groups excluding carboxylic acids is 5. The van der Waals surface area contributed by atoms with E-state index < -0.39 is 57.5 Å². The number of ketones is 4. The second-order valence-corrected chi connectivity index (χ2v) is 14.0. The third kappa shape index (κ3) is 3.87. The van der Waals surface area contributed by atoms with Gasteiger partial charge >= 0.3 is 5.97 Å². The van der Waals surface area contributed by atoms with Gasteiger partial charge in [-0.1, -0.05) is 41.5 Å². The Morgan fingerprint density at radius 2 is 1.59 bits per heavy atom. The standard InChI is InChI=1S/C31H44O8/c1-15(11-17(32)12-16(2)27(38)39-8)18-13-22(35)31(7)23-19(33)14-20-28(3,4)21(34)9-10-29(20,5)24(23)25(36)26(37)30(18,31)6/h15-16,18,20-21,26,34,37H,9-14H2,1-8H3/t15-,16?,18-,20+,21+,26-,29+,30+,31+/m1/s1. The van der Waals surface area contributed by atoms with Gasteiger partial charge in [-0.3, -0.25) is 24.0 Å². The fourth-order valence-corrected chi connectivity index (χ4v) is 9.05. The molecule has 216 valence electrons. The molecule has 2 N–H and O–H groups in total. The summed E-state index contributed by atoms with van der Waals surface area (Å²) in [7, 11) is 1.27. The van der Waals surface area contributed by atoms with Crippen LogP contribution < -0.4 is 0 Å². The lowest BCUT2D eigenvalue weighted by molar-refractivity contribution is -0.159. The highest BCUT2D eigenvalue weighted by molar-refractivity contribution is 6.17. The molecule has 8 heteroatoms. The highest BCUT2D eigenvalue weighted by Gasteiger charge is 2.73. The zero-order chi connectivity index (χ0) is 29.5. The van der Waals surface area contributed by atoms with E-state index in [9.17, 15) is 34.2 Å². The molecule has 0 aliphatic heterocycles. The van der Waals surface area contributed by atoms with E-state index in [4.69, 9.17) is 4.74 Å². The van der Waals surface area contributed by atoms with Crippen LogP contribution in [0.4, 0.5) is 0 Å². The predicted molar refractivity (Wildman–Crippen MR) is 142 cm³/mol. The summed E-state index contributed by atoms with van der Waals surface area (Å²) in [5.41, 5.74) is -3.49. The van der Waals surface area contributed by atoms with Gasteiger partial charge in [0.1, 0.15) is 17.7 Å². The van der Waals surface area contributed by atoms with Crippen LogP contribution in [0.25, 0.3) is 0 Å². The summed E-state index contributed by atoms with van der Waals surface area (Å²) in [4.78, 5) is 66.7. The fraction of sp³-hybridized carbons (Fsp3) is 0.774. The van der Waals surface area contributed by atoms with Crippen LogP contribution >= 0.6 is 0 Å². The lowest BCUT2D eigenvalue weighted by atomic mass is 9.42. The number of esters is 1. The van der Waals surface area contributed by atoms with Gasteiger partial charge in [0, 0.05) is 47.7 Å². The molecule has 1 unspecified atom stereocenters. The van der Waals surface area contributed by atoms with E-state index in [1.54, 1.807) is 20.8 Å². The number of carbonyl (C=O) groups is 5. The molecule has 8 nitrogen and oxygen atoms in total. The molecule has 9 atom stereocenters. The Labute approximate surface area is 230 Å². The van der Waals surface area contributed by atoms with Crippen molar-refractivity contribution in [2.45, 2.75) is 99.2 Å². The first-order chi connectivity index (χ1) is 17.9. The van der Waals surface area contributed by atoms with E-state index in [0.29, 0.717) is 12.8 Å². The van der Waals surface area contributed by atoms with Crippen molar-refractivity contribution in [1.29, 1.82) is 0 Å². The molecule has 0 bridgehead atoms. The molecule has 0 aromatic rings. The molecule has 4 aliphatic carbocycles. The molecule has 0 aromatic heterocycles. The Bertz CT molecular complexity index is 1170. The number of hydrogen-bond donors (Lipinski definition) is 2. The highest BCUT2D eigenvalue weighted by atomic mass is 16.5. The van der Waals surface area contributed by atoms with E-state index in [1.807, 2.05) is 27.7 Å². The minimum absolute atomic E-state index is 0.00229. The van der Waals surface area contributed by atoms with Crippen LogP contribution in [-0.4, -0.2) is 58.6 Å². The quantitative estimate of drug-likeness (QED) is 0.486. The molecule has 0 heterocycles. The van der Waals surface area contributed by atoms with Gasteiger partial charge < -0.3 is 14.9 Å². The molecule has 0 saturated heterocycles. The first kappa shape index (κ1) is 29.8. The van der Waals surface area contributed by atoms with E-state index in [1.165, 1.54) is 7.11 Å². The second-order valence-electron chi connectivity index (χ2n) is 14.0. The summed E-state index contributed by atoms with van der Waals surface area (Å²) in [6.45, 7) is 12.7. The van der Waals surface area contributed by atoms with Crippen LogP contribution in [0, 0.1) is 45.3 Å². The monoisotopic (exact) mass is 544 g/mol. The summed E-state index contributed by atoms with van der Waals surface area (Å²) in [6.07, 6.45) is -0.920. The number of rotatable bonds is 6. The van der Waals surface area contributed by atoms with Gasteiger partial charge in [0.15, 0.2) is 11.6 Å². The minimum Gasteiger partial charge on any atom is -0.469 e. The third-order valence-corrected chi connectivity index (χ3v) is 11.7. The molecule has 4 rings (SSSR count). The zero-order valence-corrected chi connectivity index (χ0v) is 24.6. The van der Waals surface area contributed by atoms with Crippen LogP contribution in [0.15, 0.2) is 11.1 Å². The van der Waals surface area contributed by atoms with Gasteiger partial charge in [0.2, 0.25) is 0 Å². The summed E-state index contributed by atoms with van der Waals surface area (Å²) >= 11 is 0. The number of hydrogen-bond acceptors (Lipinski definition) is 8. The average Bonchev–Trinajstić information content (AvgIpc) is 3.07. The lowest BCUT2D eigenvalue weighted by Crippen LogP contribution is -2.64. The molecule has 39 heavy (non-hydrogen) atoms. The van der Waals surface area contributed by atoms with E-state index in [0.717, 1.165) is 0 Å². The maximum atomic E-state index is 14.1. The van der Waals surface area contributed by atoms with Crippen molar-refractivity contribution in [2.24, 2.45) is 45.3 Å². The van der Waals surface area contributed by atoms with Gasteiger partial charge in [-0.15, -0.1) is 0 Å². The van der Waals surface area contributed by atoms with Gasteiger partial charge in [-0.05, 0) is 42.9 Å². The van der Waals surface area contributed by atoms with E-state index >= 15 is 0 Å². The third-order valence-electron chi connectivity index (χ3n) is 11.7. The Kier molecular flexibility index (Phi) is 7.21. The van der Waals surface area contributed by atoms with Crippen molar-refractivity contribution in [2.75, 3.05) is 7.11 Å². The minimum atomic E-state index is -1.51. The highest BCUT2D eigenvalue weighted by Crippen LogP contribution is 2.70. The van der Waals surface area contributed by atoms with Crippen molar-refractivity contribution < 1.29 is 38.9 Å². The van der Waals surface area contributed by atoms with Crippen molar-refractivity contribution in [3.05, 3.63) is 11.1 Å². The van der Waals surface area contributed by atoms with Crippen molar-refractivity contribution in [3.63, 3.8) is 0 Å². The molecular formula is C31H44O8. The van der Waals surface area contributed by atoms with Gasteiger partial charge in [-0.25, -0.2) is 0 Å². The Hall–Kier alpha value is -2.19. The topological polar surface area (TPSA) is 135 Å². The molecule has 2 fully saturated rings. The lowest BCUT2D eigenvalue weighted by Gasteiger charge is -2.60. The first-order valence-corrected chi connectivity index (χ1v) is 14.2. The summed E-state index contributed by atoms with van der Waals surface area (Å²) < 4.78 is 4.73. The number of ether oxygens (including phenoxy) is 1. The smallest absolute Gasteiger partial charge is 0.308 e. The van der Waals surface area contributed by atoms with Crippen LogP contribution in [0.1, 0.15) is 87.0 Å². The second kappa shape index (κ2) is 9.44. The number of methoxy groups -OCH3 is 1. The summed E-state index contributed by atoms with van der Waals surface area (Å²) in [5.74, 6) is -3.36. The van der Waals surface area contributed by atoms with Gasteiger partial charge in [-0.2, -0.15) is 0 Å². The van der Waals surface area contributed by atoms with Gasteiger partial charge in [0.05, 0.1) is 24.5 Å². The maximum Gasteiger partial charge on any atom is 0.308 e. The molecule has 0 aromatic carbocycles. The number of Topliss-reactive ketones (excluding diaryl/α,β-unsaturated/α-hetero) is 4. The zero-order valence-electron chi connectivity index (χ0n) is 24.6. The van der Waals surface area contributed by atoms with E-state index in [-0.39, 0.29) is 66.0 Å². The molecule has 0 spiro atoms. The van der Waals surface area contributed by atoms with Crippen molar-refractivity contribution >= 4 is 29.1 Å². The largest absolute Gasteiger partial charge is 0.469 e. The average molecular weight is 545 g/mol. The van der Waals surface area contributed by atoms with Crippen LogP contribution in [0.3, 0.4) is 0 Å². The van der Waals surface area contributed by atoms with E-state index in [2.05, 4.69) is 0 Å². The predicted octanol–water partition coefficient (Wildman–Crippen LogP) is 3.40. The number of fused-ring (bicyclic) bond motifs is 4. The normalized spacial score (nSPS) is 40.9. The molecular weight excluding hydrogens is 500 g/mol. The molecule has 2 saturated carbocycles.